The SMILES string of the molecule is CN(C(=O)c1cc(F)c(Cl)cc1F)C1CCC(N)CC1. The third-order valence-corrected chi connectivity index (χ3v) is 4.14. The fourth-order valence-electron chi connectivity index (χ4n) is 2.53. The third-order valence-electron chi connectivity index (χ3n) is 3.85. The highest BCUT2D eigenvalue weighted by Crippen LogP contribution is 2.25. The van der Waals surface area contributed by atoms with Crippen LogP contribution in [-0.2, 0) is 0 Å². The molecule has 0 unspecified atom stereocenters. The molecule has 1 saturated carbocycles. The Balaban J connectivity index is 2.16. The monoisotopic (exact) mass is 302 g/mol. The molecule has 0 saturated heterocycles. The minimum absolute atomic E-state index is 0.0143. The van der Waals surface area contributed by atoms with Crippen molar-refractivity contribution in [2.24, 2.45) is 5.73 Å². The fraction of sp³-hybridized carbons (Fsp3) is 0.500. The van der Waals surface area contributed by atoms with Crippen molar-refractivity contribution < 1.29 is 13.6 Å². The van der Waals surface area contributed by atoms with Gasteiger partial charge in [0, 0.05) is 19.1 Å². The molecule has 110 valence electrons. The van der Waals surface area contributed by atoms with E-state index in [-0.39, 0.29) is 22.7 Å². The second-order valence-electron chi connectivity index (χ2n) is 5.23. The molecular formula is C14H17ClF2N2O. The van der Waals surface area contributed by atoms with Crippen LogP contribution in [0, 0.1) is 11.6 Å². The molecule has 0 radical (unpaired) electrons. The minimum atomic E-state index is -0.805. The molecule has 0 aromatic heterocycles. The Kier molecular flexibility index (Phi) is 4.60. The van der Waals surface area contributed by atoms with E-state index in [2.05, 4.69) is 0 Å². The second kappa shape index (κ2) is 6.06. The molecule has 6 heteroatoms. The maximum Gasteiger partial charge on any atom is 0.256 e. The van der Waals surface area contributed by atoms with Gasteiger partial charge in [-0.05, 0) is 37.8 Å². The maximum atomic E-state index is 13.8. The smallest absolute Gasteiger partial charge is 0.256 e. The van der Waals surface area contributed by atoms with Crippen LogP contribution < -0.4 is 5.73 Å². The van der Waals surface area contributed by atoms with Gasteiger partial charge in [0.1, 0.15) is 11.6 Å². The molecule has 0 spiro atoms. The lowest BCUT2D eigenvalue weighted by atomic mass is 9.90. The number of nitrogens with two attached hydrogens (primary N) is 1. The summed E-state index contributed by atoms with van der Waals surface area (Å²) < 4.78 is 27.1. The first kappa shape index (κ1) is 15.2. The highest BCUT2D eigenvalue weighted by molar-refractivity contribution is 6.30. The van der Waals surface area contributed by atoms with Gasteiger partial charge in [0.25, 0.3) is 5.91 Å². The summed E-state index contributed by atoms with van der Waals surface area (Å²) in [4.78, 5) is 13.7. The number of benzene rings is 1. The van der Waals surface area contributed by atoms with E-state index < -0.39 is 17.5 Å². The van der Waals surface area contributed by atoms with Crippen molar-refractivity contribution in [3.8, 4) is 0 Å². The quantitative estimate of drug-likeness (QED) is 0.854. The molecule has 0 atom stereocenters. The van der Waals surface area contributed by atoms with E-state index >= 15 is 0 Å². The van der Waals surface area contributed by atoms with Crippen molar-refractivity contribution in [1.82, 2.24) is 4.90 Å². The van der Waals surface area contributed by atoms with Crippen molar-refractivity contribution in [1.29, 1.82) is 0 Å². The molecule has 2 rings (SSSR count). The van der Waals surface area contributed by atoms with Gasteiger partial charge >= 0.3 is 0 Å². The van der Waals surface area contributed by atoms with Crippen LogP contribution >= 0.6 is 11.6 Å². The minimum Gasteiger partial charge on any atom is -0.339 e. The largest absolute Gasteiger partial charge is 0.339 e. The van der Waals surface area contributed by atoms with Gasteiger partial charge in [-0.25, -0.2) is 8.78 Å². The molecule has 1 aliphatic rings. The number of rotatable bonds is 2. The first-order chi connectivity index (χ1) is 9.40. The Morgan fingerprint density at radius 2 is 1.85 bits per heavy atom. The topological polar surface area (TPSA) is 46.3 Å². The lowest BCUT2D eigenvalue weighted by Crippen LogP contribution is -2.42. The van der Waals surface area contributed by atoms with Crippen molar-refractivity contribution in [2.75, 3.05) is 7.05 Å². The highest BCUT2D eigenvalue weighted by atomic mass is 35.5. The summed E-state index contributed by atoms with van der Waals surface area (Å²) in [5, 5.41) is -0.328. The van der Waals surface area contributed by atoms with Crippen LogP contribution in [-0.4, -0.2) is 29.9 Å². The van der Waals surface area contributed by atoms with E-state index in [0.29, 0.717) is 0 Å². The van der Waals surface area contributed by atoms with E-state index in [4.69, 9.17) is 17.3 Å². The number of hydrogen-bond acceptors (Lipinski definition) is 2. The van der Waals surface area contributed by atoms with Gasteiger partial charge < -0.3 is 10.6 Å². The van der Waals surface area contributed by atoms with Crippen molar-refractivity contribution >= 4 is 17.5 Å². The fourth-order valence-corrected chi connectivity index (χ4v) is 2.68. The molecule has 1 fully saturated rings. The van der Waals surface area contributed by atoms with Crippen LogP contribution in [0.15, 0.2) is 12.1 Å². The van der Waals surface area contributed by atoms with Crippen LogP contribution in [0.3, 0.4) is 0 Å². The van der Waals surface area contributed by atoms with Gasteiger partial charge in [0.05, 0.1) is 10.6 Å². The molecular weight excluding hydrogens is 286 g/mol. The first-order valence-corrected chi connectivity index (χ1v) is 6.95. The van der Waals surface area contributed by atoms with Crippen LogP contribution in [0.25, 0.3) is 0 Å². The third kappa shape index (κ3) is 3.10. The summed E-state index contributed by atoms with van der Waals surface area (Å²) >= 11 is 5.48. The normalized spacial score (nSPS) is 22.6. The number of carbonyl (C=O) groups excluding carboxylic acids is 1. The number of nitrogens with zero attached hydrogens (tertiary/aromatic N) is 1. The Morgan fingerprint density at radius 3 is 2.45 bits per heavy atom. The van der Waals surface area contributed by atoms with Crippen molar-refractivity contribution in [3.63, 3.8) is 0 Å². The van der Waals surface area contributed by atoms with Crippen molar-refractivity contribution in [2.45, 2.75) is 37.8 Å². The second-order valence-corrected chi connectivity index (χ2v) is 5.64. The van der Waals surface area contributed by atoms with Gasteiger partial charge in [0.2, 0.25) is 0 Å². The van der Waals surface area contributed by atoms with Crippen LogP contribution in [0.2, 0.25) is 5.02 Å². The summed E-state index contributed by atoms with van der Waals surface area (Å²) in [7, 11) is 1.61. The van der Waals surface area contributed by atoms with Gasteiger partial charge in [-0.3, -0.25) is 4.79 Å². The number of amides is 1. The van der Waals surface area contributed by atoms with Crippen molar-refractivity contribution in [3.05, 3.63) is 34.4 Å². The Labute approximate surface area is 121 Å². The van der Waals surface area contributed by atoms with Gasteiger partial charge in [-0.15, -0.1) is 0 Å². The average molecular weight is 303 g/mol. The summed E-state index contributed by atoms with van der Waals surface area (Å²) in [6.45, 7) is 0. The first-order valence-electron chi connectivity index (χ1n) is 6.57. The molecule has 0 heterocycles. The van der Waals surface area contributed by atoms with Gasteiger partial charge in [-0.2, -0.15) is 0 Å². The standard InChI is InChI=1S/C14H17ClF2N2O/c1-19(9-4-2-8(18)3-5-9)14(20)10-6-13(17)11(15)7-12(10)16/h6-9H,2-5,18H2,1H3. The van der Waals surface area contributed by atoms with E-state index in [9.17, 15) is 13.6 Å². The van der Waals surface area contributed by atoms with Gasteiger partial charge in [0.15, 0.2) is 0 Å². The Bertz CT molecular complexity index is 516. The molecule has 1 amide bonds. The summed E-state index contributed by atoms with van der Waals surface area (Å²) in [6, 6.07) is 1.86. The molecule has 1 aromatic rings. The summed E-state index contributed by atoms with van der Waals surface area (Å²) in [5.41, 5.74) is 5.53. The number of carbonyl (C=O) groups is 1. The van der Waals surface area contributed by atoms with E-state index in [1.165, 1.54) is 4.90 Å². The summed E-state index contributed by atoms with van der Waals surface area (Å²) in [5.74, 6) is -2.13. The average Bonchev–Trinajstić information content (AvgIpc) is 2.42. The molecule has 20 heavy (non-hydrogen) atoms. The number of halogens is 3. The van der Waals surface area contributed by atoms with Crippen LogP contribution in [0.5, 0.6) is 0 Å². The number of hydrogen-bond donors (Lipinski definition) is 1. The zero-order valence-corrected chi connectivity index (χ0v) is 12.0. The zero-order chi connectivity index (χ0) is 14.9. The van der Waals surface area contributed by atoms with E-state index in [1.807, 2.05) is 0 Å². The Hall–Kier alpha value is -1.20. The molecule has 1 aromatic carbocycles. The summed E-state index contributed by atoms with van der Waals surface area (Å²) in [6.07, 6.45) is 3.22. The Morgan fingerprint density at radius 1 is 1.25 bits per heavy atom. The van der Waals surface area contributed by atoms with Crippen LogP contribution in [0.1, 0.15) is 36.0 Å². The maximum absolute atomic E-state index is 13.8. The molecule has 3 nitrogen and oxygen atoms in total. The zero-order valence-electron chi connectivity index (χ0n) is 11.2. The molecule has 2 N–H and O–H groups in total. The highest BCUT2D eigenvalue weighted by Gasteiger charge is 2.27. The predicted octanol–water partition coefficient (Wildman–Crippen LogP) is 2.96. The van der Waals surface area contributed by atoms with E-state index in [1.54, 1.807) is 7.05 Å². The molecule has 0 bridgehead atoms. The molecule has 0 aliphatic heterocycles. The molecule has 1 aliphatic carbocycles. The van der Waals surface area contributed by atoms with Gasteiger partial charge in [-0.1, -0.05) is 11.6 Å². The lowest BCUT2D eigenvalue weighted by Gasteiger charge is -2.33. The lowest BCUT2D eigenvalue weighted by molar-refractivity contribution is 0.0684. The predicted molar refractivity (Wildman–Crippen MR) is 73.7 cm³/mol. The van der Waals surface area contributed by atoms with Crippen LogP contribution in [0.4, 0.5) is 8.78 Å². The van der Waals surface area contributed by atoms with E-state index in [0.717, 1.165) is 37.8 Å².